The highest BCUT2D eigenvalue weighted by Gasteiger charge is 2.33. The third kappa shape index (κ3) is 5.45. The molecule has 0 aromatic carbocycles. The van der Waals surface area contributed by atoms with Crippen molar-refractivity contribution in [2.75, 3.05) is 26.0 Å². The quantitative estimate of drug-likeness (QED) is 0.348. The lowest BCUT2D eigenvalue weighted by Crippen LogP contribution is -2.41. The van der Waals surface area contributed by atoms with Crippen molar-refractivity contribution in [2.24, 2.45) is 0 Å². The Morgan fingerprint density at radius 2 is 1.64 bits per heavy atom. The van der Waals surface area contributed by atoms with E-state index in [1.54, 1.807) is 0 Å². The maximum atomic E-state index is 5.89. The molecule has 0 N–H and O–H groups in total. The minimum Gasteiger partial charge on any atom is -0.394 e. The Balaban J connectivity index is 4.03. The van der Waals surface area contributed by atoms with E-state index in [0.717, 1.165) is 27.8 Å². The Labute approximate surface area is 91.8 Å². The summed E-state index contributed by atoms with van der Waals surface area (Å²) in [5, 5.41) is 0. The monoisotopic (exact) mass is 236 g/mol. The van der Waals surface area contributed by atoms with Crippen LogP contribution in [-0.4, -0.2) is 34.6 Å². The van der Waals surface area contributed by atoms with Crippen molar-refractivity contribution in [1.29, 1.82) is 0 Å². The zero-order chi connectivity index (χ0) is 10.9. The highest BCUT2D eigenvalue weighted by molar-refractivity contribution is 7.36. The summed E-state index contributed by atoms with van der Waals surface area (Å²) in [5.41, 5.74) is 0. The van der Waals surface area contributed by atoms with Gasteiger partial charge in [-0.3, -0.25) is 0 Å². The molecule has 0 aromatic heterocycles. The van der Waals surface area contributed by atoms with Crippen molar-refractivity contribution < 1.29 is 8.85 Å². The van der Waals surface area contributed by atoms with Gasteiger partial charge in [-0.25, -0.2) is 0 Å². The summed E-state index contributed by atoms with van der Waals surface area (Å²) in [6.07, 6.45) is 2.60. The van der Waals surface area contributed by atoms with Crippen molar-refractivity contribution >= 4 is 17.1 Å². The molecule has 14 heavy (non-hydrogen) atoms. The second kappa shape index (κ2) is 8.84. The van der Waals surface area contributed by atoms with E-state index in [1.165, 1.54) is 18.6 Å². The van der Waals surface area contributed by atoms with Crippen molar-refractivity contribution in [2.45, 2.75) is 39.3 Å². The van der Waals surface area contributed by atoms with Gasteiger partial charge in [0, 0.05) is 13.2 Å². The largest absolute Gasteiger partial charge is 0.394 e. The molecule has 0 saturated heterocycles. The van der Waals surface area contributed by atoms with Gasteiger partial charge in [0.1, 0.15) is 0 Å². The van der Waals surface area contributed by atoms with E-state index in [4.69, 9.17) is 8.85 Å². The first-order valence-electron chi connectivity index (χ1n) is 5.67. The van der Waals surface area contributed by atoms with Gasteiger partial charge < -0.3 is 8.85 Å². The van der Waals surface area contributed by atoms with E-state index in [0.29, 0.717) is 0 Å². The fraction of sp³-hybridized carbons (Fsp3) is 1.00. The zero-order valence-corrected chi connectivity index (χ0v) is 12.1. The van der Waals surface area contributed by atoms with Crippen LogP contribution < -0.4 is 0 Å². The van der Waals surface area contributed by atoms with Crippen LogP contribution in [0.4, 0.5) is 0 Å². The average Bonchev–Trinajstić information content (AvgIpc) is 2.19. The van der Waals surface area contributed by atoms with E-state index in [9.17, 15) is 0 Å². The van der Waals surface area contributed by atoms with Crippen LogP contribution in [-0.2, 0) is 8.85 Å². The summed E-state index contributed by atoms with van der Waals surface area (Å²) in [6, 6.07) is 2.26. The van der Waals surface area contributed by atoms with Gasteiger partial charge in [0.05, 0.1) is 0 Å². The molecule has 0 aromatic rings. The highest BCUT2D eigenvalue weighted by Crippen LogP contribution is 2.22. The van der Waals surface area contributed by atoms with Gasteiger partial charge in [0.25, 0.3) is 0 Å². The smallest absolute Gasteiger partial charge is 0.337 e. The summed E-state index contributed by atoms with van der Waals surface area (Å²) in [7, 11) is -0.742. The summed E-state index contributed by atoms with van der Waals surface area (Å²) in [5.74, 6) is 0. The Morgan fingerprint density at radius 1 is 1.07 bits per heavy atom. The standard InChI is InChI=1S/C10H25O2PSi/c1-5-11-14(7-3,12-6-2)10-8-9-13-4/h13H,5-10H2,1-4H3. The molecule has 0 aliphatic heterocycles. The summed E-state index contributed by atoms with van der Waals surface area (Å²) in [4.78, 5) is 0. The van der Waals surface area contributed by atoms with Crippen molar-refractivity contribution in [3.63, 3.8) is 0 Å². The SMILES string of the molecule is CCO[Si](CC)(CCCPC)OCC. The first kappa shape index (κ1) is 14.6. The fourth-order valence-corrected chi connectivity index (χ4v) is 5.41. The van der Waals surface area contributed by atoms with Crippen molar-refractivity contribution in [3.05, 3.63) is 0 Å². The summed E-state index contributed by atoms with van der Waals surface area (Å²) in [6.45, 7) is 10.2. The van der Waals surface area contributed by atoms with Crippen LogP contribution in [0.5, 0.6) is 0 Å². The Kier molecular flexibility index (Phi) is 9.20. The summed E-state index contributed by atoms with van der Waals surface area (Å²) >= 11 is 0. The predicted octanol–water partition coefficient (Wildman–Crippen LogP) is 3.22. The van der Waals surface area contributed by atoms with E-state index >= 15 is 0 Å². The molecule has 0 bridgehead atoms. The third-order valence-electron chi connectivity index (χ3n) is 2.34. The molecule has 0 aliphatic rings. The molecule has 0 fully saturated rings. The molecule has 0 radical (unpaired) electrons. The van der Waals surface area contributed by atoms with Crippen LogP contribution in [0.15, 0.2) is 0 Å². The topological polar surface area (TPSA) is 18.5 Å². The van der Waals surface area contributed by atoms with Crippen LogP contribution in [0.1, 0.15) is 27.2 Å². The van der Waals surface area contributed by atoms with Crippen LogP contribution in [0.3, 0.4) is 0 Å². The van der Waals surface area contributed by atoms with Gasteiger partial charge in [-0.2, -0.15) is 0 Å². The molecule has 0 aliphatic carbocycles. The van der Waals surface area contributed by atoms with Crippen LogP contribution in [0, 0.1) is 0 Å². The molecule has 2 nitrogen and oxygen atoms in total. The maximum absolute atomic E-state index is 5.89. The fourth-order valence-electron chi connectivity index (χ4n) is 1.63. The number of rotatable bonds is 9. The molecule has 1 unspecified atom stereocenters. The van der Waals surface area contributed by atoms with E-state index < -0.39 is 8.56 Å². The second-order valence-electron chi connectivity index (χ2n) is 3.34. The lowest BCUT2D eigenvalue weighted by molar-refractivity contribution is 0.183. The van der Waals surface area contributed by atoms with E-state index in [1.807, 2.05) is 0 Å². The number of hydrogen-bond acceptors (Lipinski definition) is 2. The molecule has 0 rings (SSSR count). The van der Waals surface area contributed by atoms with Crippen molar-refractivity contribution in [1.82, 2.24) is 0 Å². The Bertz CT molecular complexity index is 127. The molecule has 0 amide bonds. The average molecular weight is 236 g/mol. The molecule has 1 atom stereocenters. The molecule has 0 spiro atoms. The summed E-state index contributed by atoms with van der Waals surface area (Å²) < 4.78 is 11.8. The first-order valence-corrected chi connectivity index (χ1v) is 9.61. The lowest BCUT2D eigenvalue weighted by Gasteiger charge is -2.28. The van der Waals surface area contributed by atoms with Gasteiger partial charge in [-0.15, -0.1) is 8.58 Å². The van der Waals surface area contributed by atoms with Gasteiger partial charge >= 0.3 is 8.56 Å². The lowest BCUT2D eigenvalue weighted by atomic mass is 10.6. The second-order valence-corrected chi connectivity index (χ2v) is 8.15. The molecule has 0 saturated carbocycles. The molecular weight excluding hydrogens is 211 g/mol. The Morgan fingerprint density at radius 3 is 2.00 bits per heavy atom. The highest BCUT2D eigenvalue weighted by atomic mass is 31.1. The van der Waals surface area contributed by atoms with Crippen molar-refractivity contribution in [3.8, 4) is 0 Å². The van der Waals surface area contributed by atoms with E-state index in [2.05, 4.69) is 27.4 Å². The minimum atomic E-state index is -1.80. The van der Waals surface area contributed by atoms with Gasteiger partial charge in [0.15, 0.2) is 0 Å². The third-order valence-corrected chi connectivity index (χ3v) is 7.01. The minimum absolute atomic E-state index is 0.800. The van der Waals surface area contributed by atoms with Gasteiger partial charge in [-0.1, -0.05) is 6.92 Å². The van der Waals surface area contributed by atoms with Gasteiger partial charge in [0.2, 0.25) is 0 Å². The molecule has 86 valence electrons. The van der Waals surface area contributed by atoms with E-state index in [-0.39, 0.29) is 0 Å². The molecule has 0 heterocycles. The molecule has 4 heteroatoms. The van der Waals surface area contributed by atoms with Crippen LogP contribution >= 0.6 is 8.58 Å². The van der Waals surface area contributed by atoms with Crippen LogP contribution in [0.2, 0.25) is 12.1 Å². The van der Waals surface area contributed by atoms with Crippen LogP contribution in [0.25, 0.3) is 0 Å². The number of hydrogen-bond donors (Lipinski definition) is 0. The predicted molar refractivity (Wildman–Crippen MR) is 68.0 cm³/mol. The molecular formula is C10H25O2PSi. The van der Waals surface area contributed by atoms with Gasteiger partial charge in [-0.05, 0) is 45.2 Å². The normalized spacial score (nSPS) is 12.9. The Hall–Kier alpha value is 0.567. The first-order chi connectivity index (χ1) is 6.74. The maximum Gasteiger partial charge on any atom is 0.337 e. The zero-order valence-electron chi connectivity index (χ0n) is 10.1.